The Morgan fingerprint density at radius 1 is 1.07 bits per heavy atom. The van der Waals surface area contributed by atoms with E-state index in [2.05, 4.69) is 62.3 Å². The van der Waals surface area contributed by atoms with Crippen LogP contribution in [0.15, 0.2) is 59.7 Å². The molecule has 0 amide bonds. The van der Waals surface area contributed by atoms with Gasteiger partial charge in [-0.25, -0.2) is 9.97 Å². The quantitative estimate of drug-likeness (QED) is 0.311. The third-order valence-corrected chi connectivity index (χ3v) is 6.29. The first kappa shape index (κ1) is 22.5. The maximum Gasteiger partial charge on any atom is 0.194 e. The van der Waals surface area contributed by atoms with Crippen molar-refractivity contribution in [2.75, 3.05) is 38.1 Å². The fourth-order valence-corrected chi connectivity index (χ4v) is 4.48. The molecule has 1 fully saturated rings. The lowest BCUT2D eigenvalue weighted by Crippen LogP contribution is -2.52. The number of aryl methyl sites for hydroxylation is 1. The molecule has 0 bridgehead atoms. The van der Waals surface area contributed by atoms with Crippen LogP contribution in [-0.2, 0) is 6.54 Å². The highest BCUT2D eigenvalue weighted by Gasteiger charge is 2.20. The first-order valence-electron chi connectivity index (χ1n) is 9.88. The molecule has 0 spiro atoms. The molecule has 8 heteroatoms. The van der Waals surface area contributed by atoms with Crippen LogP contribution in [0.5, 0.6) is 0 Å². The molecule has 3 heterocycles. The number of aliphatic imine (C=N–C) groups is 1. The number of thiazole rings is 1. The van der Waals surface area contributed by atoms with Gasteiger partial charge in [0.1, 0.15) is 10.8 Å². The predicted molar refractivity (Wildman–Crippen MR) is 136 cm³/mol. The van der Waals surface area contributed by atoms with Crippen LogP contribution in [0.3, 0.4) is 0 Å². The average Bonchev–Trinajstić information content (AvgIpc) is 3.16. The van der Waals surface area contributed by atoms with Crippen molar-refractivity contribution in [3.63, 3.8) is 0 Å². The molecule has 2 aromatic heterocycles. The number of guanidine groups is 1. The number of rotatable bonds is 4. The van der Waals surface area contributed by atoms with E-state index in [1.165, 1.54) is 10.4 Å². The van der Waals surface area contributed by atoms with Crippen LogP contribution >= 0.6 is 35.3 Å². The molecule has 1 aliphatic rings. The van der Waals surface area contributed by atoms with Gasteiger partial charge in [-0.15, -0.1) is 35.3 Å². The molecule has 4 rings (SSSR count). The highest BCUT2D eigenvalue weighted by atomic mass is 127. The van der Waals surface area contributed by atoms with Gasteiger partial charge in [-0.05, 0) is 19.1 Å². The zero-order valence-electron chi connectivity index (χ0n) is 17.3. The van der Waals surface area contributed by atoms with E-state index >= 15 is 0 Å². The van der Waals surface area contributed by atoms with Crippen molar-refractivity contribution in [2.24, 2.45) is 4.99 Å². The van der Waals surface area contributed by atoms with Crippen LogP contribution in [0.1, 0.15) is 10.6 Å². The average molecular weight is 534 g/mol. The van der Waals surface area contributed by atoms with Crippen LogP contribution in [0, 0.1) is 6.92 Å². The van der Waals surface area contributed by atoms with Crippen LogP contribution in [0.25, 0.3) is 10.6 Å². The minimum absolute atomic E-state index is 0. The van der Waals surface area contributed by atoms with Crippen molar-refractivity contribution in [1.82, 2.24) is 20.2 Å². The van der Waals surface area contributed by atoms with E-state index in [1.54, 1.807) is 11.3 Å². The van der Waals surface area contributed by atoms with Crippen molar-refractivity contribution >= 4 is 47.1 Å². The summed E-state index contributed by atoms with van der Waals surface area (Å²) in [4.78, 5) is 19.6. The summed E-state index contributed by atoms with van der Waals surface area (Å²) in [5, 5.41) is 4.60. The minimum Gasteiger partial charge on any atom is -0.353 e. The van der Waals surface area contributed by atoms with Gasteiger partial charge in [-0.2, -0.15) is 0 Å². The fraction of sp³-hybridized carbons (Fsp3) is 0.318. The third kappa shape index (κ3) is 5.28. The van der Waals surface area contributed by atoms with Gasteiger partial charge in [0, 0.05) is 49.9 Å². The Labute approximate surface area is 199 Å². The van der Waals surface area contributed by atoms with E-state index in [0.29, 0.717) is 0 Å². The van der Waals surface area contributed by atoms with Crippen molar-refractivity contribution in [3.8, 4) is 10.6 Å². The molecule has 158 valence electrons. The summed E-state index contributed by atoms with van der Waals surface area (Å²) in [5.74, 6) is 1.99. The molecule has 0 aliphatic carbocycles. The molecule has 0 unspecified atom stereocenters. The molecule has 3 aromatic rings. The zero-order chi connectivity index (χ0) is 20.1. The highest BCUT2D eigenvalue weighted by Crippen LogP contribution is 2.27. The Morgan fingerprint density at radius 2 is 1.80 bits per heavy atom. The van der Waals surface area contributed by atoms with Crippen molar-refractivity contribution in [3.05, 3.63) is 65.3 Å². The van der Waals surface area contributed by atoms with E-state index in [-0.39, 0.29) is 24.0 Å². The number of nitrogens with zero attached hydrogens (tertiary/aromatic N) is 5. The van der Waals surface area contributed by atoms with Crippen LogP contribution in [0.4, 0.5) is 5.82 Å². The maximum absolute atomic E-state index is 4.75. The van der Waals surface area contributed by atoms with Gasteiger partial charge in [0.2, 0.25) is 0 Å². The van der Waals surface area contributed by atoms with Gasteiger partial charge in [0.25, 0.3) is 0 Å². The predicted octanol–water partition coefficient (Wildman–Crippen LogP) is 4.03. The number of aromatic nitrogens is 2. The summed E-state index contributed by atoms with van der Waals surface area (Å²) in [6.07, 6.45) is 1.85. The van der Waals surface area contributed by atoms with Gasteiger partial charge < -0.3 is 15.1 Å². The summed E-state index contributed by atoms with van der Waals surface area (Å²) in [5.41, 5.74) is 2.25. The van der Waals surface area contributed by atoms with Gasteiger partial charge >= 0.3 is 0 Å². The standard InChI is InChI=1S/C22H26N6S.HI/c1-17-19(29-21(26-17)18-8-4-3-5-9-18)16-25-22(23-2)28-14-12-27(13-15-28)20-10-6-7-11-24-20;/h3-11H,12-16H2,1-2H3,(H,23,25);1H. The number of hydrogen-bond donors (Lipinski definition) is 1. The molecule has 1 aromatic carbocycles. The number of halogens is 1. The van der Waals surface area contributed by atoms with E-state index in [4.69, 9.17) is 4.98 Å². The SMILES string of the molecule is CN=C(NCc1sc(-c2ccccc2)nc1C)N1CCN(c2ccccn2)CC1.I. The number of hydrogen-bond acceptors (Lipinski definition) is 5. The minimum atomic E-state index is 0. The second-order valence-electron chi connectivity index (χ2n) is 6.96. The van der Waals surface area contributed by atoms with Gasteiger partial charge in [-0.1, -0.05) is 36.4 Å². The van der Waals surface area contributed by atoms with Crippen molar-refractivity contribution < 1.29 is 0 Å². The van der Waals surface area contributed by atoms with Crippen molar-refractivity contribution in [2.45, 2.75) is 13.5 Å². The highest BCUT2D eigenvalue weighted by molar-refractivity contribution is 14.0. The summed E-state index contributed by atoms with van der Waals surface area (Å²) in [7, 11) is 1.85. The van der Waals surface area contributed by atoms with Crippen LogP contribution in [0.2, 0.25) is 0 Å². The van der Waals surface area contributed by atoms with Crippen LogP contribution < -0.4 is 10.2 Å². The third-order valence-electron chi connectivity index (χ3n) is 5.08. The second-order valence-corrected chi connectivity index (χ2v) is 8.04. The Balaban J connectivity index is 0.00000256. The lowest BCUT2D eigenvalue weighted by Gasteiger charge is -2.37. The molecule has 1 saturated heterocycles. The Kier molecular flexibility index (Phi) is 8.03. The molecule has 6 nitrogen and oxygen atoms in total. The summed E-state index contributed by atoms with van der Waals surface area (Å²) >= 11 is 1.75. The molecule has 1 N–H and O–H groups in total. The summed E-state index contributed by atoms with van der Waals surface area (Å²) in [6.45, 7) is 6.54. The summed E-state index contributed by atoms with van der Waals surface area (Å²) < 4.78 is 0. The monoisotopic (exact) mass is 534 g/mol. The molecule has 1 aliphatic heterocycles. The Morgan fingerprint density at radius 3 is 2.47 bits per heavy atom. The number of pyridine rings is 1. The topological polar surface area (TPSA) is 56.7 Å². The smallest absolute Gasteiger partial charge is 0.194 e. The number of anilines is 1. The number of nitrogens with one attached hydrogen (secondary N) is 1. The fourth-order valence-electron chi connectivity index (χ4n) is 3.48. The van der Waals surface area contributed by atoms with E-state index in [1.807, 2.05) is 31.4 Å². The van der Waals surface area contributed by atoms with E-state index in [0.717, 1.165) is 55.2 Å². The Bertz CT molecular complexity index is 952. The van der Waals surface area contributed by atoms with Gasteiger partial charge in [0.05, 0.1) is 12.2 Å². The van der Waals surface area contributed by atoms with Gasteiger partial charge in [0.15, 0.2) is 5.96 Å². The Hall–Kier alpha value is -2.20. The molecule has 0 saturated carbocycles. The maximum atomic E-state index is 4.75. The lowest BCUT2D eigenvalue weighted by atomic mass is 10.2. The van der Waals surface area contributed by atoms with Gasteiger partial charge in [-0.3, -0.25) is 4.99 Å². The first-order chi connectivity index (χ1) is 14.2. The zero-order valence-corrected chi connectivity index (χ0v) is 20.4. The molecule has 0 radical (unpaired) electrons. The summed E-state index contributed by atoms with van der Waals surface area (Å²) in [6, 6.07) is 16.4. The van der Waals surface area contributed by atoms with Crippen molar-refractivity contribution in [1.29, 1.82) is 0 Å². The number of benzene rings is 1. The molecule has 0 atom stereocenters. The second kappa shape index (κ2) is 10.7. The molecule has 30 heavy (non-hydrogen) atoms. The molecular formula is C22H27IN6S. The molecular weight excluding hydrogens is 507 g/mol. The number of piperazine rings is 1. The van der Waals surface area contributed by atoms with E-state index < -0.39 is 0 Å². The van der Waals surface area contributed by atoms with Crippen LogP contribution in [-0.4, -0.2) is 54.1 Å². The van der Waals surface area contributed by atoms with E-state index in [9.17, 15) is 0 Å². The first-order valence-corrected chi connectivity index (χ1v) is 10.7. The lowest BCUT2D eigenvalue weighted by molar-refractivity contribution is 0.371. The normalized spacial score (nSPS) is 14.4. The largest absolute Gasteiger partial charge is 0.353 e.